The van der Waals surface area contributed by atoms with E-state index >= 15 is 0 Å². The first-order valence-electron chi connectivity index (χ1n) is 5.16. The number of aliphatic hydroxyl groups excluding tert-OH is 1. The lowest BCUT2D eigenvalue weighted by Gasteiger charge is -2.20. The van der Waals surface area contributed by atoms with Gasteiger partial charge in [0.05, 0.1) is 12.2 Å². The molecule has 1 aromatic carbocycles. The van der Waals surface area contributed by atoms with Crippen molar-refractivity contribution in [3.05, 3.63) is 41.4 Å². The van der Waals surface area contributed by atoms with Crippen molar-refractivity contribution in [2.24, 2.45) is 0 Å². The van der Waals surface area contributed by atoms with Crippen LogP contribution in [0.3, 0.4) is 0 Å². The summed E-state index contributed by atoms with van der Waals surface area (Å²) in [6, 6.07) is 4.73. The monoisotopic (exact) mass is 254 g/mol. The van der Waals surface area contributed by atoms with Crippen LogP contribution in [0.25, 0.3) is 0 Å². The molecule has 1 amide bonds. The number of nitrogens with zero attached hydrogens (tertiary/aromatic N) is 1. The fourth-order valence-electron chi connectivity index (χ4n) is 1.44. The van der Waals surface area contributed by atoms with Gasteiger partial charge in [-0.05, 0) is 18.2 Å². The van der Waals surface area contributed by atoms with E-state index in [-0.39, 0.29) is 19.1 Å². The SMILES string of the molecule is C=CCN(CCO)C(=O)c1cc(Cl)ccc1N. The number of benzene rings is 1. The fraction of sp³-hybridized carbons (Fsp3) is 0.250. The van der Waals surface area contributed by atoms with E-state index in [2.05, 4.69) is 6.58 Å². The van der Waals surface area contributed by atoms with E-state index in [1.54, 1.807) is 18.2 Å². The molecule has 0 radical (unpaired) electrons. The topological polar surface area (TPSA) is 66.6 Å². The Hall–Kier alpha value is -1.52. The lowest BCUT2D eigenvalue weighted by molar-refractivity contribution is 0.0744. The summed E-state index contributed by atoms with van der Waals surface area (Å²) in [6.07, 6.45) is 1.59. The number of carbonyl (C=O) groups excluding carboxylic acids is 1. The van der Waals surface area contributed by atoms with Gasteiger partial charge >= 0.3 is 0 Å². The molecule has 0 fully saturated rings. The minimum absolute atomic E-state index is 0.111. The molecule has 0 heterocycles. The van der Waals surface area contributed by atoms with Gasteiger partial charge < -0.3 is 15.7 Å². The third-order valence-corrected chi connectivity index (χ3v) is 2.49. The van der Waals surface area contributed by atoms with Gasteiger partial charge in [-0.3, -0.25) is 4.79 Å². The highest BCUT2D eigenvalue weighted by atomic mass is 35.5. The van der Waals surface area contributed by atoms with Crippen molar-refractivity contribution in [2.75, 3.05) is 25.4 Å². The molecule has 4 nitrogen and oxygen atoms in total. The molecule has 0 aromatic heterocycles. The van der Waals surface area contributed by atoms with E-state index in [0.29, 0.717) is 22.8 Å². The summed E-state index contributed by atoms with van der Waals surface area (Å²) in [5, 5.41) is 9.35. The maximum atomic E-state index is 12.1. The fourth-order valence-corrected chi connectivity index (χ4v) is 1.61. The molecule has 92 valence electrons. The first-order valence-corrected chi connectivity index (χ1v) is 5.54. The van der Waals surface area contributed by atoms with Crippen molar-refractivity contribution >= 4 is 23.2 Å². The van der Waals surface area contributed by atoms with Crippen molar-refractivity contribution in [2.45, 2.75) is 0 Å². The highest BCUT2D eigenvalue weighted by Gasteiger charge is 2.16. The third kappa shape index (κ3) is 3.47. The standard InChI is InChI=1S/C12H15ClN2O2/c1-2-5-15(6-7-16)12(17)10-8-9(13)3-4-11(10)14/h2-4,8,16H,1,5-7,14H2. The van der Waals surface area contributed by atoms with Crippen LogP contribution in [0.1, 0.15) is 10.4 Å². The molecule has 0 bridgehead atoms. The van der Waals surface area contributed by atoms with Crippen LogP contribution in [0.4, 0.5) is 5.69 Å². The van der Waals surface area contributed by atoms with E-state index in [0.717, 1.165) is 0 Å². The second-order valence-corrected chi connectivity index (χ2v) is 3.93. The minimum Gasteiger partial charge on any atom is -0.398 e. The van der Waals surface area contributed by atoms with Crippen LogP contribution in [0.5, 0.6) is 0 Å². The number of rotatable bonds is 5. The minimum atomic E-state index is -0.265. The molecular weight excluding hydrogens is 240 g/mol. The number of hydrogen-bond acceptors (Lipinski definition) is 3. The van der Waals surface area contributed by atoms with Gasteiger partial charge in [0.1, 0.15) is 0 Å². The van der Waals surface area contributed by atoms with Crippen LogP contribution in [-0.4, -0.2) is 35.6 Å². The number of amides is 1. The number of aliphatic hydroxyl groups is 1. The van der Waals surface area contributed by atoms with Crippen LogP contribution in [0, 0.1) is 0 Å². The Bertz CT molecular complexity index is 421. The van der Waals surface area contributed by atoms with Crippen LogP contribution in [-0.2, 0) is 0 Å². The van der Waals surface area contributed by atoms with Crippen LogP contribution in [0.15, 0.2) is 30.9 Å². The Balaban J connectivity index is 2.99. The van der Waals surface area contributed by atoms with Gasteiger partial charge in [0, 0.05) is 23.8 Å². The molecule has 3 N–H and O–H groups in total. The molecule has 1 rings (SSSR count). The van der Waals surface area contributed by atoms with Gasteiger partial charge in [0.2, 0.25) is 0 Å². The molecule has 0 aliphatic heterocycles. The van der Waals surface area contributed by atoms with Gasteiger partial charge in [-0.1, -0.05) is 17.7 Å². The summed E-state index contributed by atoms with van der Waals surface area (Å²) < 4.78 is 0. The van der Waals surface area contributed by atoms with Gasteiger partial charge in [-0.25, -0.2) is 0 Å². The first kappa shape index (κ1) is 13.5. The number of hydrogen-bond donors (Lipinski definition) is 2. The maximum absolute atomic E-state index is 12.1. The van der Waals surface area contributed by atoms with Gasteiger partial charge in [0.15, 0.2) is 0 Å². The number of halogens is 1. The quantitative estimate of drug-likeness (QED) is 0.619. The zero-order valence-electron chi connectivity index (χ0n) is 9.40. The summed E-state index contributed by atoms with van der Waals surface area (Å²) >= 11 is 5.82. The molecule has 0 spiro atoms. The van der Waals surface area contributed by atoms with Crippen molar-refractivity contribution in [1.29, 1.82) is 0 Å². The van der Waals surface area contributed by atoms with Crippen molar-refractivity contribution in [1.82, 2.24) is 4.90 Å². The molecule has 0 saturated carbocycles. The average molecular weight is 255 g/mol. The predicted molar refractivity (Wildman–Crippen MR) is 69.1 cm³/mol. The largest absolute Gasteiger partial charge is 0.398 e. The molecule has 0 aliphatic rings. The lowest BCUT2D eigenvalue weighted by atomic mass is 10.1. The molecule has 0 unspecified atom stereocenters. The summed E-state index contributed by atoms with van der Waals surface area (Å²) in [4.78, 5) is 13.6. The van der Waals surface area contributed by atoms with E-state index in [1.165, 1.54) is 11.0 Å². The second kappa shape index (κ2) is 6.27. The molecule has 0 atom stereocenters. The lowest BCUT2D eigenvalue weighted by Crippen LogP contribution is -2.34. The third-order valence-electron chi connectivity index (χ3n) is 2.25. The highest BCUT2D eigenvalue weighted by molar-refractivity contribution is 6.31. The first-order chi connectivity index (χ1) is 8.10. The number of nitrogen functional groups attached to an aromatic ring is 1. The molecule has 1 aromatic rings. The Morgan fingerprint density at radius 2 is 2.29 bits per heavy atom. The summed E-state index contributed by atoms with van der Waals surface area (Å²) in [5.74, 6) is -0.265. The highest BCUT2D eigenvalue weighted by Crippen LogP contribution is 2.19. The van der Waals surface area contributed by atoms with Gasteiger partial charge in [0.25, 0.3) is 5.91 Å². The van der Waals surface area contributed by atoms with Crippen molar-refractivity contribution in [3.63, 3.8) is 0 Å². The summed E-state index contributed by atoms with van der Waals surface area (Å²) in [6.45, 7) is 4.04. The molecule has 0 saturated heterocycles. The predicted octanol–water partition coefficient (Wildman–Crippen LogP) is 1.54. The Labute approximate surface area is 105 Å². The smallest absolute Gasteiger partial charge is 0.256 e. The maximum Gasteiger partial charge on any atom is 0.256 e. The molecule has 0 aliphatic carbocycles. The van der Waals surface area contributed by atoms with E-state index in [1.807, 2.05) is 0 Å². The number of anilines is 1. The van der Waals surface area contributed by atoms with Crippen LogP contribution in [0.2, 0.25) is 5.02 Å². The zero-order valence-corrected chi connectivity index (χ0v) is 10.2. The average Bonchev–Trinajstić information content (AvgIpc) is 2.31. The van der Waals surface area contributed by atoms with E-state index < -0.39 is 0 Å². The summed E-state index contributed by atoms with van der Waals surface area (Å²) in [5.41, 5.74) is 6.43. The van der Waals surface area contributed by atoms with Crippen molar-refractivity contribution in [3.8, 4) is 0 Å². The molecule has 17 heavy (non-hydrogen) atoms. The number of nitrogens with two attached hydrogens (primary N) is 1. The van der Waals surface area contributed by atoms with E-state index in [4.69, 9.17) is 22.4 Å². The Morgan fingerprint density at radius 1 is 1.59 bits per heavy atom. The zero-order chi connectivity index (χ0) is 12.8. The number of carbonyl (C=O) groups is 1. The molecular formula is C12H15ClN2O2. The van der Waals surface area contributed by atoms with Gasteiger partial charge in [-0.15, -0.1) is 6.58 Å². The van der Waals surface area contributed by atoms with E-state index in [9.17, 15) is 4.79 Å². The van der Waals surface area contributed by atoms with Gasteiger partial charge in [-0.2, -0.15) is 0 Å². The van der Waals surface area contributed by atoms with Crippen LogP contribution >= 0.6 is 11.6 Å². The van der Waals surface area contributed by atoms with Crippen molar-refractivity contribution < 1.29 is 9.90 Å². The Morgan fingerprint density at radius 3 is 2.88 bits per heavy atom. The second-order valence-electron chi connectivity index (χ2n) is 3.50. The summed E-state index contributed by atoms with van der Waals surface area (Å²) in [7, 11) is 0. The molecule has 5 heteroatoms. The normalized spacial score (nSPS) is 10.0. The Kier molecular flexibility index (Phi) is 5.00. The van der Waals surface area contributed by atoms with Crippen LogP contribution < -0.4 is 5.73 Å².